The minimum Gasteiger partial charge on any atom is -0.306 e. The Morgan fingerprint density at radius 2 is 2.21 bits per heavy atom. The quantitative estimate of drug-likeness (QED) is 0.710. The molecule has 0 radical (unpaired) electrons. The lowest BCUT2D eigenvalue weighted by Crippen LogP contribution is -2.58. The molecular weight excluding hydrogens is 174 g/mol. The van der Waals surface area contributed by atoms with E-state index in [2.05, 4.69) is 30.3 Å². The summed E-state index contributed by atoms with van der Waals surface area (Å²) in [6.45, 7) is 4.26. The molecule has 0 aromatic rings. The van der Waals surface area contributed by atoms with Gasteiger partial charge in [-0.2, -0.15) is 5.26 Å². The zero-order chi connectivity index (χ0) is 10.2. The number of nitriles is 1. The second-order valence-corrected chi connectivity index (χ2v) is 4.92. The predicted molar refractivity (Wildman–Crippen MR) is 55.8 cm³/mol. The normalized spacial score (nSPS) is 39.4. The SMILES string of the molecule is CC1CN(C)CCC1(C#N)NC1CC1. The van der Waals surface area contributed by atoms with Crippen molar-refractivity contribution in [3.8, 4) is 6.07 Å². The Morgan fingerprint density at radius 3 is 2.71 bits per heavy atom. The molecule has 1 heterocycles. The molecule has 2 fully saturated rings. The average Bonchev–Trinajstić information content (AvgIpc) is 2.94. The van der Waals surface area contributed by atoms with Crippen molar-refractivity contribution in [2.45, 2.75) is 37.8 Å². The number of nitrogens with one attached hydrogen (secondary N) is 1. The molecule has 2 rings (SSSR count). The minimum atomic E-state index is -0.242. The van der Waals surface area contributed by atoms with Crippen molar-refractivity contribution in [1.29, 1.82) is 5.26 Å². The van der Waals surface area contributed by atoms with Gasteiger partial charge in [0.2, 0.25) is 0 Å². The summed E-state index contributed by atoms with van der Waals surface area (Å²) in [5.41, 5.74) is -0.242. The lowest BCUT2D eigenvalue weighted by Gasteiger charge is -2.41. The topological polar surface area (TPSA) is 39.1 Å². The number of rotatable bonds is 2. The van der Waals surface area contributed by atoms with E-state index in [4.69, 9.17) is 0 Å². The van der Waals surface area contributed by atoms with E-state index in [9.17, 15) is 5.26 Å². The van der Waals surface area contributed by atoms with Crippen molar-refractivity contribution < 1.29 is 0 Å². The standard InChI is InChI=1S/C11H19N3/c1-9-7-14(2)6-5-11(9,8-12)13-10-3-4-10/h9-10,13H,3-7H2,1-2H3. The first kappa shape index (κ1) is 9.95. The van der Waals surface area contributed by atoms with Gasteiger partial charge in [-0.1, -0.05) is 6.92 Å². The highest BCUT2D eigenvalue weighted by molar-refractivity contribution is 5.14. The Labute approximate surface area is 86.1 Å². The van der Waals surface area contributed by atoms with E-state index >= 15 is 0 Å². The average molecular weight is 193 g/mol. The fourth-order valence-corrected chi connectivity index (χ4v) is 2.33. The molecule has 0 amide bonds. The van der Waals surface area contributed by atoms with Gasteiger partial charge >= 0.3 is 0 Å². The number of nitrogens with zero attached hydrogens (tertiary/aromatic N) is 2. The Morgan fingerprint density at radius 1 is 1.50 bits per heavy atom. The smallest absolute Gasteiger partial charge is 0.111 e. The van der Waals surface area contributed by atoms with E-state index in [0.717, 1.165) is 19.5 Å². The van der Waals surface area contributed by atoms with E-state index in [1.54, 1.807) is 0 Å². The van der Waals surface area contributed by atoms with Crippen LogP contribution in [0.25, 0.3) is 0 Å². The molecule has 0 aromatic heterocycles. The molecule has 1 N–H and O–H groups in total. The molecule has 0 aromatic carbocycles. The van der Waals surface area contributed by atoms with E-state index in [1.807, 2.05) is 0 Å². The largest absolute Gasteiger partial charge is 0.306 e. The zero-order valence-corrected chi connectivity index (χ0v) is 9.08. The Kier molecular flexibility index (Phi) is 2.50. The molecule has 14 heavy (non-hydrogen) atoms. The summed E-state index contributed by atoms with van der Waals surface area (Å²) in [4.78, 5) is 2.31. The molecule has 1 saturated carbocycles. The van der Waals surface area contributed by atoms with E-state index in [1.165, 1.54) is 12.8 Å². The summed E-state index contributed by atoms with van der Waals surface area (Å²) >= 11 is 0. The van der Waals surface area contributed by atoms with Crippen molar-refractivity contribution in [2.75, 3.05) is 20.1 Å². The maximum atomic E-state index is 9.34. The van der Waals surface area contributed by atoms with Gasteiger partial charge < -0.3 is 4.90 Å². The van der Waals surface area contributed by atoms with Gasteiger partial charge in [-0.05, 0) is 26.3 Å². The fraction of sp³-hybridized carbons (Fsp3) is 0.909. The highest BCUT2D eigenvalue weighted by Crippen LogP contribution is 2.31. The van der Waals surface area contributed by atoms with E-state index in [-0.39, 0.29) is 5.54 Å². The van der Waals surface area contributed by atoms with Crippen LogP contribution >= 0.6 is 0 Å². The molecule has 2 atom stereocenters. The van der Waals surface area contributed by atoms with Crippen molar-refractivity contribution in [3.05, 3.63) is 0 Å². The molecule has 0 bridgehead atoms. The van der Waals surface area contributed by atoms with Crippen LogP contribution < -0.4 is 5.32 Å². The van der Waals surface area contributed by atoms with Crippen molar-refractivity contribution in [3.63, 3.8) is 0 Å². The number of hydrogen-bond acceptors (Lipinski definition) is 3. The van der Waals surface area contributed by atoms with Gasteiger partial charge in [0.05, 0.1) is 6.07 Å². The highest BCUT2D eigenvalue weighted by Gasteiger charge is 2.43. The molecule has 3 heteroatoms. The first-order valence-electron chi connectivity index (χ1n) is 5.54. The van der Waals surface area contributed by atoms with Gasteiger partial charge in [0.15, 0.2) is 0 Å². The van der Waals surface area contributed by atoms with Crippen LogP contribution in [0.15, 0.2) is 0 Å². The van der Waals surface area contributed by atoms with Crippen molar-refractivity contribution in [1.82, 2.24) is 10.2 Å². The van der Waals surface area contributed by atoms with Gasteiger partial charge in [0, 0.05) is 25.0 Å². The van der Waals surface area contributed by atoms with Gasteiger partial charge in [-0.3, -0.25) is 5.32 Å². The third kappa shape index (κ3) is 1.77. The molecule has 1 aliphatic heterocycles. The van der Waals surface area contributed by atoms with Gasteiger partial charge in [-0.25, -0.2) is 0 Å². The molecule has 78 valence electrons. The highest BCUT2D eigenvalue weighted by atomic mass is 15.2. The third-order valence-electron chi connectivity index (χ3n) is 3.55. The first-order chi connectivity index (χ1) is 6.66. The van der Waals surface area contributed by atoms with Gasteiger partial charge in [0.1, 0.15) is 5.54 Å². The second kappa shape index (κ2) is 3.52. The number of piperidine rings is 1. The van der Waals surface area contributed by atoms with Crippen LogP contribution in [-0.2, 0) is 0 Å². The Bertz CT molecular complexity index is 254. The molecule has 1 aliphatic carbocycles. The lowest BCUT2D eigenvalue weighted by atomic mass is 9.80. The minimum absolute atomic E-state index is 0.242. The second-order valence-electron chi connectivity index (χ2n) is 4.92. The van der Waals surface area contributed by atoms with Crippen LogP contribution in [-0.4, -0.2) is 36.6 Å². The summed E-state index contributed by atoms with van der Waals surface area (Å²) < 4.78 is 0. The summed E-state index contributed by atoms with van der Waals surface area (Å²) in [6, 6.07) is 3.15. The van der Waals surface area contributed by atoms with Crippen molar-refractivity contribution >= 4 is 0 Å². The third-order valence-corrected chi connectivity index (χ3v) is 3.55. The molecule has 0 spiro atoms. The zero-order valence-electron chi connectivity index (χ0n) is 9.08. The van der Waals surface area contributed by atoms with E-state index in [0.29, 0.717) is 12.0 Å². The lowest BCUT2D eigenvalue weighted by molar-refractivity contribution is 0.132. The molecule has 1 saturated heterocycles. The van der Waals surface area contributed by atoms with Gasteiger partial charge in [-0.15, -0.1) is 0 Å². The predicted octanol–water partition coefficient (Wildman–Crippen LogP) is 0.972. The molecule has 2 unspecified atom stereocenters. The maximum Gasteiger partial charge on any atom is 0.111 e. The number of hydrogen-bond donors (Lipinski definition) is 1. The van der Waals surface area contributed by atoms with Crippen LogP contribution in [0.2, 0.25) is 0 Å². The van der Waals surface area contributed by atoms with Crippen molar-refractivity contribution in [2.24, 2.45) is 5.92 Å². The Balaban J connectivity index is 2.06. The van der Waals surface area contributed by atoms with Crippen LogP contribution in [0.3, 0.4) is 0 Å². The Hall–Kier alpha value is -0.590. The van der Waals surface area contributed by atoms with Crippen LogP contribution in [0.1, 0.15) is 26.2 Å². The van der Waals surface area contributed by atoms with Crippen LogP contribution in [0, 0.1) is 17.2 Å². The van der Waals surface area contributed by atoms with Crippen LogP contribution in [0.4, 0.5) is 0 Å². The summed E-state index contributed by atoms with van der Waals surface area (Å²) in [5, 5.41) is 12.9. The summed E-state index contributed by atoms with van der Waals surface area (Å²) in [7, 11) is 2.13. The monoisotopic (exact) mass is 193 g/mol. The molecule has 2 aliphatic rings. The number of likely N-dealkylation sites (tertiary alicyclic amines) is 1. The first-order valence-corrected chi connectivity index (χ1v) is 5.54. The summed E-state index contributed by atoms with van der Waals surface area (Å²) in [6.07, 6.45) is 3.48. The van der Waals surface area contributed by atoms with Gasteiger partial charge in [0.25, 0.3) is 0 Å². The van der Waals surface area contributed by atoms with E-state index < -0.39 is 0 Å². The fourth-order valence-electron chi connectivity index (χ4n) is 2.33. The molecule has 3 nitrogen and oxygen atoms in total. The molecular formula is C11H19N3. The summed E-state index contributed by atoms with van der Waals surface area (Å²) in [5.74, 6) is 0.437. The van der Waals surface area contributed by atoms with Crippen LogP contribution in [0.5, 0.6) is 0 Å². The maximum absolute atomic E-state index is 9.34.